The third-order valence-electron chi connectivity index (χ3n) is 2.89. The van der Waals surface area contributed by atoms with Crippen LogP contribution in [0.4, 0.5) is 4.39 Å². The molecule has 0 saturated carbocycles. The maximum absolute atomic E-state index is 13.4. The van der Waals surface area contributed by atoms with Gasteiger partial charge in [0.1, 0.15) is 12.1 Å². The van der Waals surface area contributed by atoms with Crippen LogP contribution < -0.4 is 0 Å². The molecule has 0 amide bonds. The van der Waals surface area contributed by atoms with E-state index in [1.165, 1.54) is 0 Å². The summed E-state index contributed by atoms with van der Waals surface area (Å²) in [4.78, 5) is 12.6. The van der Waals surface area contributed by atoms with Crippen LogP contribution in [0.1, 0.15) is 5.56 Å². The van der Waals surface area contributed by atoms with Crippen molar-refractivity contribution in [2.24, 2.45) is 5.92 Å². The lowest BCUT2D eigenvalue weighted by atomic mass is 10.1. The highest BCUT2D eigenvalue weighted by molar-refractivity contribution is 5.71. The van der Waals surface area contributed by atoms with Crippen molar-refractivity contribution >= 4 is 5.97 Å². The van der Waals surface area contributed by atoms with Gasteiger partial charge in [0.15, 0.2) is 0 Å². The van der Waals surface area contributed by atoms with E-state index in [1.807, 2.05) is 35.2 Å². The van der Waals surface area contributed by atoms with E-state index in [1.54, 1.807) is 0 Å². The van der Waals surface area contributed by atoms with Crippen LogP contribution in [-0.4, -0.2) is 35.2 Å². The minimum Gasteiger partial charge on any atom is -0.481 e. The normalized spacial score (nSPS) is 25.8. The predicted molar refractivity (Wildman–Crippen MR) is 57.7 cm³/mol. The maximum Gasteiger partial charge on any atom is 0.310 e. The molecule has 1 aromatic rings. The van der Waals surface area contributed by atoms with Gasteiger partial charge in [-0.3, -0.25) is 9.69 Å². The summed E-state index contributed by atoms with van der Waals surface area (Å²) in [5.74, 6) is -1.91. The first-order valence-corrected chi connectivity index (χ1v) is 5.30. The molecule has 1 aliphatic rings. The number of carbonyl (C=O) groups is 1. The van der Waals surface area contributed by atoms with E-state index in [-0.39, 0.29) is 6.54 Å². The van der Waals surface area contributed by atoms with Gasteiger partial charge >= 0.3 is 5.97 Å². The Balaban J connectivity index is 1.96. The summed E-state index contributed by atoms with van der Waals surface area (Å²) in [6.45, 7) is 1.13. The van der Waals surface area contributed by atoms with Crippen molar-refractivity contribution in [3.05, 3.63) is 35.9 Å². The molecule has 1 heterocycles. The van der Waals surface area contributed by atoms with Gasteiger partial charge in [-0.15, -0.1) is 0 Å². The molecule has 0 aromatic heterocycles. The van der Waals surface area contributed by atoms with Gasteiger partial charge in [0.05, 0.1) is 0 Å². The van der Waals surface area contributed by atoms with E-state index in [0.717, 1.165) is 5.56 Å². The fourth-order valence-electron chi connectivity index (χ4n) is 2.04. The van der Waals surface area contributed by atoms with Gasteiger partial charge in [-0.25, -0.2) is 4.39 Å². The van der Waals surface area contributed by atoms with Gasteiger partial charge in [0, 0.05) is 19.6 Å². The smallest absolute Gasteiger partial charge is 0.310 e. The van der Waals surface area contributed by atoms with Crippen LogP contribution in [0.2, 0.25) is 0 Å². The highest BCUT2D eigenvalue weighted by Crippen LogP contribution is 2.21. The van der Waals surface area contributed by atoms with Crippen LogP contribution in [0.15, 0.2) is 30.3 Å². The Bertz CT molecular complexity index is 369. The molecule has 4 heteroatoms. The fraction of sp³-hybridized carbons (Fsp3) is 0.417. The molecule has 3 nitrogen and oxygen atoms in total. The van der Waals surface area contributed by atoms with Crippen molar-refractivity contribution in [2.75, 3.05) is 13.1 Å². The predicted octanol–water partition coefficient (Wildman–Crippen LogP) is 1.54. The minimum absolute atomic E-state index is 0.214. The van der Waals surface area contributed by atoms with Gasteiger partial charge in [0.25, 0.3) is 0 Å². The summed E-state index contributed by atoms with van der Waals surface area (Å²) in [7, 11) is 0. The lowest BCUT2D eigenvalue weighted by Gasteiger charge is -2.14. The summed E-state index contributed by atoms with van der Waals surface area (Å²) in [6, 6.07) is 9.69. The van der Waals surface area contributed by atoms with E-state index >= 15 is 0 Å². The van der Waals surface area contributed by atoms with Crippen LogP contribution >= 0.6 is 0 Å². The number of nitrogens with zero attached hydrogens (tertiary/aromatic N) is 1. The summed E-state index contributed by atoms with van der Waals surface area (Å²) >= 11 is 0. The first kappa shape index (κ1) is 11.1. The number of hydrogen-bond acceptors (Lipinski definition) is 2. The molecule has 2 unspecified atom stereocenters. The molecule has 86 valence electrons. The zero-order valence-electron chi connectivity index (χ0n) is 8.84. The largest absolute Gasteiger partial charge is 0.481 e. The Hall–Kier alpha value is -1.42. The Kier molecular flexibility index (Phi) is 3.19. The molecule has 1 aliphatic heterocycles. The average molecular weight is 223 g/mol. The number of carboxylic acids is 1. The third kappa shape index (κ3) is 2.39. The molecule has 0 radical (unpaired) electrons. The molecular weight excluding hydrogens is 209 g/mol. The second-order valence-corrected chi connectivity index (χ2v) is 4.14. The van der Waals surface area contributed by atoms with Crippen molar-refractivity contribution in [1.82, 2.24) is 4.90 Å². The van der Waals surface area contributed by atoms with Crippen LogP contribution in [0.5, 0.6) is 0 Å². The molecule has 1 saturated heterocycles. The quantitative estimate of drug-likeness (QED) is 0.845. The number of benzene rings is 1. The third-order valence-corrected chi connectivity index (χ3v) is 2.89. The van der Waals surface area contributed by atoms with Gasteiger partial charge in [-0.05, 0) is 5.56 Å². The van der Waals surface area contributed by atoms with E-state index in [0.29, 0.717) is 13.1 Å². The van der Waals surface area contributed by atoms with E-state index in [9.17, 15) is 9.18 Å². The number of carboxylic acid groups (broad SMARTS) is 1. The number of alkyl halides is 1. The van der Waals surface area contributed by atoms with Crippen molar-refractivity contribution < 1.29 is 14.3 Å². The number of halogens is 1. The highest BCUT2D eigenvalue weighted by atomic mass is 19.1. The first-order chi connectivity index (χ1) is 7.66. The SMILES string of the molecule is O=C(O)C1CN(Cc2ccccc2)CC1F. The maximum atomic E-state index is 13.4. The van der Waals surface area contributed by atoms with Gasteiger partial charge in [-0.1, -0.05) is 30.3 Å². The molecule has 1 N–H and O–H groups in total. The van der Waals surface area contributed by atoms with Crippen molar-refractivity contribution in [2.45, 2.75) is 12.7 Å². The zero-order chi connectivity index (χ0) is 11.5. The lowest BCUT2D eigenvalue weighted by Crippen LogP contribution is -2.23. The summed E-state index contributed by atoms with van der Waals surface area (Å²) in [5, 5.41) is 8.80. The van der Waals surface area contributed by atoms with Crippen molar-refractivity contribution in [3.63, 3.8) is 0 Å². The molecule has 2 rings (SSSR count). The summed E-state index contributed by atoms with van der Waals surface area (Å²) in [6.07, 6.45) is -1.25. The van der Waals surface area contributed by atoms with E-state index in [2.05, 4.69) is 0 Å². The van der Waals surface area contributed by atoms with Gasteiger partial charge in [-0.2, -0.15) is 0 Å². The highest BCUT2D eigenvalue weighted by Gasteiger charge is 2.37. The Morgan fingerprint density at radius 1 is 1.38 bits per heavy atom. The molecule has 0 aliphatic carbocycles. The number of aliphatic carboxylic acids is 1. The lowest BCUT2D eigenvalue weighted by molar-refractivity contribution is -0.142. The van der Waals surface area contributed by atoms with E-state index in [4.69, 9.17) is 5.11 Å². The number of hydrogen-bond donors (Lipinski definition) is 1. The second kappa shape index (κ2) is 4.61. The standard InChI is InChI=1S/C12H14FNO2/c13-11-8-14(7-10(11)12(15)16)6-9-4-2-1-3-5-9/h1-5,10-11H,6-8H2,(H,15,16). The van der Waals surface area contributed by atoms with Gasteiger partial charge < -0.3 is 5.11 Å². The summed E-state index contributed by atoms with van der Waals surface area (Å²) < 4.78 is 13.4. The fourth-order valence-corrected chi connectivity index (χ4v) is 2.04. The molecule has 1 fully saturated rings. The monoisotopic (exact) mass is 223 g/mol. The zero-order valence-corrected chi connectivity index (χ0v) is 8.84. The second-order valence-electron chi connectivity index (χ2n) is 4.14. The average Bonchev–Trinajstić information content (AvgIpc) is 2.61. The van der Waals surface area contributed by atoms with Crippen molar-refractivity contribution in [1.29, 1.82) is 0 Å². The molecular formula is C12H14FNO2. The summed E-state index contributed by atoms with van der Waals surface area (Å²) in [5.41, 5.74) is 1.08. The van der Waals surface area contributed by atoms with Gasteiger partial charge in [0.2, 0.25) is 0 Å². The Morgan fingerprint density at radius 2 is 2.06 bits per heavy atom. The van der Waals surface area contributed by atoms with E-state index < -0.39 is 18.1 Å². The van der Waals surface area contributed by atoms with Crippen LogP contribution in [0.3, 0.4) is 0 Å². The molecule has 16 heavy (non-hydrogen) atoms. The minimum atomic E-state index is -1.25. The number of likely N-dealkylation sites (tertiary alicyclic amines) is 1. The Morgan fingerprint density at radius 3 is 2.62 bits per heavy atom. The van der Waals surface area contributed by atoms with Crippen LogP contribution in [-0.2, 0) is 11.3 Å². The van der Waals surface area contributed by atoms with Crippen LogP contribution in [0.25, 0.3) is 0 Å². The van der Waals surface area contributed by atoms with Crippen LogP contribution in [0, 0.1) is 5.92 Å². The Labute approximate surface area is 93.5 Å². The molecule has 2 atom stereocenters. The topological polar surface area (TPSA) is 40.5 Å². The molecule has 0 bridgehead atoms. The first-order valence-electron chi connectivity index (χ1n) is 5.30. The van der Waals surface area contributed by atoms with Crippen molar-refractivity contribution in [3.8, 4) is 0 Å². The molecule has 1 aromatic carbocycles. The molecule has 0 spiro atoms. The number of rotatable bonds is 3.